The Kier molecular flexibility index (Phi) is 3.97. The first-order valence-electron chi connectivity index (χ1n) is 3.27. The fourth-order valence-corrected chi connectivity index (χ4v) is 1.67. The van der Waals surface area contributed by atoms with E-state index in [0.717, 1.165) is 6.07 Å². The minimum atomic E-state index is -2.70. The molecule has 0 unspecified atom stereocenters. The van der Waals surface area contributed by atoms with Crippen LogP contribution in [0.4, 0.5) is 8.78 Å². The van der Waals surface area contributed by atoms with E-state index < -0.39 is 11.7 Å². The second-order valence-electron chi connectivity index (χ2n) is 2.28. The van der Waals surface area contributed by atoms with E-state index in [-0.39, 0.29) is 20.3 Å². The maximum absolute atomic E-state index is 12.4. The Morgan fingerprint density at radius 1 is 1.50 bits per heavy atom. The quantitative estimate of drug-likeness (QED) is 0.598. The Hall–Kier alpha value is -0.0700. The predicted molar refractivity (Wildman–Crippen MR) is 54.8 cm³/mol. The number of pyridine rings is 1. The van der Waals surface area contributed by atoms with Gasteiger partial charge in [0.05, 0.1) is 4.47 Å². The standard InChI is InChI=1S/C7H2Br2ClF2NO/c8-4-2(7(11)12)1-3(6(10)14)13-5(4)9/h1,7H. The molecule has 0 aliphatic heterocycles. The van der Waals surface area contributed by atoms with Crippen molar-refractivity contribution in [2.24, 2.45) is 0 Å². The third kappa shape index (κ3) is 2.49. The van der Waals surface area contributed by atoms with Gasteiger partial charge >= 0.3 is 0 Å². The predicted octanol–water partition coefficient (Wildman–Crippen LogP) is 3.92. The van der Waals surface area contributed by atoms with Crippen LogP contribution in [-0.2, 0) is 0 Å². The fourth-order valence-electron chi connectivity index (χ4n) is 0.776. The van der Waals surface area contributed by atoms with E-state index in [1.807, 2.05) is 0 Å². The van der Waals surface area contributed by atoms with Crippen molar-refractivity contribution < 1.29 is 13.6 Å². The Bertz CT molecular complexity index is 386. The highest BCUT2D eigenvalue weighted by Crippen LogP contribution is 2.32. The minimum absolute atomic E-state index is 0.120. The molecule has 0 aliphatic carbocycles. The lowest BCUT2D eigenvalue weighted by Gasteiger charge is -2.05. The molecule has 0 bridgehead atoms. The first-order chi connectivity index (χ1) is 6.43. The molecule has 1 rings (SSSR count). The molecule has 0 atom stereocenters. The lowest BCUT2D eigenvalue weighted by Crippen LogP contribution is -1.99. The van der Waals surface area contributed by atoms with Crippen molar-refractivity contribution in [1.82, 2.24) is 4.98 Å². The highest BCUT2D eigenvalue weighted by molar-refractivity contribution is 9.13. The number of halogens is 5. The Balaban J connectivity index is 3.35. The first kappa shape index (κ1) is 12.0. The molecule has 7 heteroatoms. The molecule has 0 radical (unpaired) electrons. The van der Waals surface area contributed by atoms with Gasteiger partial charge in [0.25, 0.3) is 11.7 Å². The normalized spacial score (nSPS) is 10.7. The molecule has 1 heterocycles. The zero-order valence-corrected chi connectivity index (χ0v) is 10.3. The molecule has 0 saturated carbocycles. The smallest absolute Gasteiger partial charge is 0.270 e. The molecule has 0 saturated heterocycles. The molecule has 76 valence electrons. The van der Waals surface area contributed by atoms with E-state index in [1.54, 1.807) is 0 Å². The third-order valence-electron chi connectivity index (χ3n) is 1.38. The summed E-state index contributed by atoms with van der Waals surface area (Å²) in [5.41, 5.74) is -0.534. The van der Waals surface area contributed by atoms with E-state index in [2.05, 4.69) is 36.8 Å². The molecule has 1 aromatic heterocycles. The number of hydrogen-bond acceptors (Lipinski definition) is 2. The van der Waals surface area contributed by atoms with Crippen LogP contribution in [0.1, 0.15) is 22.5 Å². The van der Waals surface area contributed by atoms with Crippen molar-refractivity contribution in [2.75, 3.05) is 0 Å². The Morgan fingerprint density at radius 3 is 2.50 bits per heavy atom. The Labute approximate surface area is 99.9 Å². The van der Waals surface area contributed by atoms with Crippen molar-refractivity contribution in [3.63, 3.8) is 0 Å². The van der Waals surface area contributed by atoms with E-state index >= 15 is 0 Å². The topological polar surface area (TPSA) is 30.0 Å². The number of carbonyl (C=O) groups excluding carboxylic acids is 1. The second kappa shape index (κ2) is 4.63. The number of nitrogens with zero attached hydrogens (tertiary/aromatic N) is 1. The molecular weight excluding hydrogens is 347 g/mol. The van der Waals surface area contributed by atoms with Crippen molar-refractivity contribution in [3.8, 4) is 0 Å². The van der Waals surface area contributed by atoms with Crippen LogP contribution in [-0.4, -0.2) is 10.2 Å². The average molecular weight is 349 g/mol. The fraction of sp³-hybridized carbons (Fsp3) is 0.143. The Morgan fingerprint density at radius 2 is 2.07 bits per heavy atom. The molecule has 0 amide bonds. The van der Waals surface area contributed by atoms with Gasteiger partial charge < -0.3 is 0 Å². The van der Waals surface area contributed by atoms with Crippen LogP contribution in [0.15, 0.2) is 15.1 Å². The zero-order chi connectivity index (χ0) is 10.9. The molecule has 2 nitrogen and oxygen atoms in total. The zero-order valence-electron chi connectivity index (χ0n) is 6.40. The summed E-state index contributed by atoms with van der Waals surface area (Å²) >= 11 is 11.0. The van der Waals surface area contributed by atoms with E-state index in [1.165, 1.54) is 0 Å². The van der Waals surface area contributed by atoms with Gasteiger partial charge in [-0.3, -0.25) is 4.79 Å². The highest BCUT2D eigenvalue weighted by Gasteiger charge is 2.18. The van der Waals surface area contributed by atoms with Gasteiger partial charge in [0, 0.05) is 5.56 Å². The second-order valence-corrected chi connectivity index (χ2v) is 4.16. The van der Waals surface area contributed by atoms with Crippen molar-refractivity contribution in [3.05, 3.63) is 26.4 Å². The van der Waals surface area contributed by atoms with Gasteiger partial charge in [-0.25, -0.2) is 13.8 Å². The first-order valence-corrected chi connectivity index (χ1v) is 5.23. The van der Waals surface area contributed by atoms with Gasteiger partial charge in [0.2, 0.25) is 0 Å². The maximum Gasteiger partial charge on any atom is 0.270 e. The van der Waals surface area contributed by atoms with Gasteiger partial charge in [-0.05, 0) is 49.5 Å². The summed E-state index contributed by atoms with van der Waals surface area (Å²) in [5.74, 6) is 0. The van der Waals surface area contributed by atoms with Crippen LogP contribution in [0.2, 0.25) is 0 Å². The number of carbonyl (C=O) groups is 1. The minimum Gasteiger partial charge on any atom is -0.274 e. The molecular formula is C7H2Br2ClF2NO. The van der Waals surface area contributed by atoms with Crippen LogP contribution < -0.4 is 0 Å². The largest absolute Gasteiger partial charge is 0.274 e. The molecule has 0 fully saturated rings. The van der Waals surface area contributed by atoms with E-state index in [4.69, 9.17) is 11.6 Å². The van der Waals surface area contributed by atoms with Gasteiger partial charge in [-0.15, -0.1) is 0 Å². The summed E-state index contributed by atoms with van der Waals surface area (Å²) in [5, 5.41) is -0.875. The molecule has 0 aromatic carbocycles. The number of aromatic nitrogens is 1. The number of rotatable bonds is 2. The number of hydrogen-bond donors (Lipinski definition) is 0. The molecule has 0 spiro atoms. The van der Waals surface area contributed by atoms with E-state index in [9.17, 15) is 13.6 Å². The van der Waals surface area contributed by atoms with Crippen LogP contribution in [0.3, 0.4) is 0 Å². The third-order valence-corrected chi connectivity index (χ3v) is 3.51. The van der Waals surface area contributed by atoms with Gasteiger partial charge in [-0.1, -0.05) is 0 Å². The van der Waals surface area contributed by atoms with E-state index in [0.29, 0.717) is 0 Å². The number of alkyl halides is 2. The average Bonchev–Trinajstić information content (AvgIpc) is 2.08. The van der Waals surface area contributed by atoms with Crippen LogP contribution >= 0.6 is 43.5 Å². The lowest BCUT2D eigenvalue weighted by molar-refractivity contribution is 0.107. The summed E-state index contributed by atoms with van der Waals surface area (Å²) in [6, 6.07) is 0.953. The molecule has 1 aromatic rings. The monoisotopic (exact) mass is 347 g/mol. The highest BCUT2D eigenvalue weighted by atomic mass is 79.9. The van der Waals surface area contributed by atoms with Gasteiger partial charge in [-0.2, -0.15) is 0 Å². The van der Waals surface area contributed by atoms with Crippen LogP contribution in [0.5, 0.6) is 0 Å². The molecule has 0 aliphatic rings. The van der Waals surface area contributed by atoms with Crippen LogP contribution in [0, 0.1) is 0 Å². The summed E-state index contributed by atoms with van der Waals surface area (Å²) < 4.78 is 25.1. The maximum atomic E-state index is 12.4. The lowest BCUT2D eigenvalue weighted by atomic mass is 10.2. The molecule has 0 N–H and O–H groups in total. The summed E-state index contributed by atoms with van der Waals surface area (Å²) in [6.45, 7) is 0. The summed E-state index contributed by atoms with van der Waals surface area (Å²) in [6.07, 6.45) is -2.70. The van der Waals surface area contributed by atoms with Gasteiger partial charge in [0.15, 0.2) is 0 Å². The summed E-state index contributed by atoms with van der Waals surface area (Å²) in [4.78, 5) is 14.4. The van der Waals surface area contributed by atoms with Crippen molar-refractivity contribution in [2.45, 2.75) is 6.43 Å². The SMILES string of the molecule is O=C(Cl)c1cc(C(F)F)c(Br)c(Br)n1. The van der Waals surface area contributed by atoms with Crippen molar-refractivity contribution in [1.29, 1.82) is 0 Å². The summed E-state index contributed by atoms with van der Waals surface area (Å²) in [7, 11) is 0. The van der Waals surface area contributed by atoms with Gasteiger partial charge in [0.1, 0.15) is 10.3 Å². The molecule has 14 heavy (non-hydrogen) atoms. The van der Waals surface area contributed by atoms with Crippen molar-refractivity contribution >= 4 is 48.7 Å². The van der Waals surface area contributed by atoms with Crippen LogP contribution in [0.25, 0.3) is 0 Å².